The van der Waals surface area contributed by atoms with E-state index in [1.54, 1.807) is 44.2 Å². The van der Waals surface area contributed by atoms with Gasteiger partial charge in [-0.3, -0.25) is 9.59 Å². The molecule has 0 unspecified atom stereocenters. The summed E-state index contributed by atoms with van der Waals surface area (Å²) in [6.45, 7) is 3.31. The molecular formula is C25H21Cl2N3O4S. The van der Waals surface area contributed by atoms with Crippen molar-refractivity contribution in [3.8, 4) is 11.1 Å². The number of hydrogen-bond acceptors (Lipinski definition) is 6. The minimum atomic E-state index is -0.914. The SMILES string of the molecule is CC(C)[C@@H](NC(=O)c1ccccc1Cl)C(=O)OCc1nc2scc(-c3ccccc3Cl)c2c(=O)[nH]1. The van der Waals surface area contributed by atoms with Crippen LogP contribution in [0.25, 0.3) is 21.3 Å². The smallest absolute Gasteiger partial charge is 0.329 e. The second-order valence-corrected chi connectivity index (χ2v) is 9.78. The molecule has 2 heterocycles. The maximum atomic E-state index is 12.8. The summed E-state index contributed by atoms with van der Waals surface area (Å²) in [7, 11) is 0. The molecule has 0 saturated heterocycles. The second-order valence-electron chi connectivity index (χ2n) is 8.10. The Bertz CT molecular complexity index is 1460. The highest BCUT2D eigenvalue weighted by molar-refractivity contribution is 7.17. The number of nitrogens with one attached hydrogen (secondary N) is 2. The number of benzene rings is 2. The van der Waals surface area contributed by atoms with Gasteiger partial charge in [-0.1, -0.05) is 67.4 Å². The summed E-state index contributed by atoms with van der Waals surface area (Å²) >= 11 is 13.7. The van der Waals surface area contributed by atoms with E-state index in [-0.39, 0.29) is 34.5 Å². The first kappa shape index (κ1) is 24.9. The molecule has 0 aliphatic rings. The molecule has 180 valence electrons. The second kappa shape index (κ2) is 10.6. The summed E-state index contributed by atoms with van der Waals surface area (Å²) in [6, 6.07) is 12.9. The van der Waals surface area contributed by atoms with Crippen molar-refractivity contribution in [2.24, 2.45) is 5.92 Å². The van der Waals surface area contributed by atoms with E-state index in [9.17, 15) is 14.4 Å². The number of ether oxygens (including phenoxy) is 1. The Kier molecular flexibility index (Phi) is 7.54. The molecule has 4 aromatic rings. The fraction of sp³-hybridized carbons (Fsp3) is 0.200. The van der Waals surface area contributed by atoms with Crippen LogP contribution in [0.15, 0.2) is 58.7 Å². The molecule has 1 amide bonds. The summed E-state index contributed by atoms with van der Waals surface area (Å²) < 4.78 is 5.40. The van der Waals surface area contributed by atoms with Gasteiger partial charge in [-0.15, -0.1) is 11.3 Å². The van der Waals surface area contributed by atoms with Gasteiger partial charge in [-0.2, -0.15) is 0 Å². The van der Waals surface area contributed by atoms with Gasteiger partial charge in [0.25, 0.3) is 11.5 Å². The fourth-order valence-corrected chi connectivity index (χ4v) is 4.95. The summed E-state index contributed by atoms with van der Waals surface area (Å²) in [6.07, 6.45) is 0. The first-order chi connectivity index (χ1) is 16.8. The van der Waals surface area contributed by atoms with Crippen molar-refractivity contribution in [1.82, 2.24) is 15.3 Å². The molecule has 35 heavy (non-hydrogen) atoms. The molecule has 0 aliphatic carbocycles. The summed E-state index contributed by atoms with van der Waals surface area (Å²) in [5.74, 6) is -1.18. The molecule has 0 radical (unpaired) electrons. The highest BCUT2D eigenvalue weighted by atomic mass is 35.5. The van der Waals surface area contributed by atoms with Crippen molar-refractivity contribution in [1.29, 1.82) is 0 Å². The third kappa shape index (κ3) is 5.40. The van der Waals surface area contributed by atoms with Crippen LogP contribution in [0.1, 0.15) is 30.0 Å². The number of aromatic amines is 1. The van der Waals surface area contributed by atoms with Crippen LogP contribution in [0.3, 0.4) is 0 Å². The Labute approximate surface area is 215 Å². The lowest BCUT2D eigenvalue weighted by molar-refractivity contribution is -0.148. The minimum absolute atomic E-state index is 0.198. The molecule has 0 saturated carbocycles. The largest absolute Gasteiger partial charge is 0.456 e. The van der Waals surface area contributed by atoms with Crippen LogP contribution in [-0.4, -0.2) is 27.9 Å². The number of halogens is 2. The molecule has 7 nitrogen and oxygen atoms in total. The van der Waals surface area contributed by atoms with E-state index < -0.39 is 17.9 Å². The third-order valence-electron chi connectivity index (χ3n) is 5.33. The van der Waals surface area contributed by atoms with Crippen molar-refractivity contribution >= 4 is 56.6 Å². The Morgan fingerprint density at radius 1 is 1.06 bits per heavy atom. The highest BCUT2D eigenvalue weighted by Gasteiger charge is 2.27. The predicted molar refractivity (Wildman–Crippen MR) is 138 cm³/mol. The van der Waals surface area contributed by atoms with Crippen molar-refractivity contribution in [3.05, 3.63) is 85.7 Å². The lowest BCUT2D eigenvalue weighted by atomic mass is 10.0. The van der Waals surface area contributed by atoms with Gasteiger partial charge < -0.3 is 15.0 Å². The lowest BCUT2D eigenvalue weighted by Crippen LogP contribution is -2.45. The van der Waals surface area contributed by atoms with Crippen LogP contribution >= 0.6 is 34.5 Å². The number of esters is 1. The van der Waals surface area contributed by atoms with E-state index in [0.29, 0.717) is 20.8 Å². The van der Waals surface area contributed by atoms with Gasteiger partial charge in [0.15, 0.2) is 0 Å². The standard InChI is InChI=1S/C25H21Cl2N3O4S/c1-13(2)21(30-22(31)15-8-4-6-10-18(15)27)25(33)34-11-19-28-23(32)20-16(12-35-24(20)29-19)14-7-3-5-9-17(14)26/h3-10,12-13,21H,11H2,1-2H3,(H,30,31)(H,28,29,32)/t21-/m1/s1. The van der Waals surface area contributed by atoms with E-state index in [1.807, 2.05) is 23.6 Å². The number of rotatable bonds is 7. The van der Waals surface area contributed by atoms with Crippen LogP contribution < -0.4 is 10.9 Å². The number of hydrogen-bond donors (Lipinski definition) is 2. The van der Waals surface area contributed by atoms with Gasteiger partial charge in [-0.25, -0.2) is 9.78 Å². The molecule has 1 atom stereocenters. The summed E-state index contributed by atoms with van der Waals surface area (Å²) in [5.41, 5.74) is 1.33. The van der Waals surface area contributed by atoms with Crippen molar-refractivity contribution in [3.63, 3.8) is 0 Å². The number of nitrogens with zero attached hydrogens (tertiary/aromatic N) is 1. The molecule has 0 fully saturated rings. The van der Waals surface area contributed by atoms with Crippen LogP contribution in [0.2, 0.25) is 10.0 Å². The van der Waals surface area contributed by atoms with Crippen molar-refractivity contribution in [2.75, 3.05) is 0 Å². The lowest BCUT2D eigenvalue weighted by Gasteiger charge is -2.21. The maximum Gasteiger partial charge on any atom is 0.329 e. The third-order valence-corrected chi connectivity index (χ3v) is 6.87. The van der Waals surface area contributed by atoms with Crippen LogP contribution in [0.5, 0.6) is 0 Å². The first-order valence-electron chi connectivity index (χ1n) is 10.7. The first-order valence-corrected chi connectivity index (χ1v) is 12.4. The van der Waals surface area contributed by atoms with Gasteiger partial charge in [0, 0.05) is 21.5 Å². The predicted octanol–water partition coefficient (Wildman–Crippen LogP) is 5.46. The number of H-pyrrole nitrogens is 1. The highest BCUT2D eigenvalue weighted by Crippen LogP contribution is 2.34. The van der Waals surface area contributed by atoms with Gasteiger partial charge in [0.2, 0.25) is 0 Å². The monoisotopic (exact) mass is 529 g/mol. The number of aromatic nitrogens is 2. The zero-order valence-electron chi connectivity index (χ0n) is 18.8. The molecule has 0 spiro atoms. The average molecular weight is 530 g/mol. The van der Waals surface area contributed by atoms with Gasteiger partial charge >= 0.3 is 5.97 Å². The molecule has 4 rings (SSSR count). The van der Waals surface area contributed by atoms with Crippen LogP contribution in [0.4, 0.5) is 0 Å². The Morgan fingerprint density at radius 3 is 2.43 bits per heavy atom. The molecule has 10 heteroatoms. The number of carbonyl (C=O) groups excluding carboxylic acids is 2. The van der Waals surface area contributed by atoms with Gasteiger partial charge in [0.1, 0.15) is 23.3 Å². The van der Waals surface area contributed by atoms with Gasteiger partial charge in [0.05, 0.1) is 16.0 Å². The number of carbonyl (C=O) groups is 2. The summed E-state index contributed by atoms with van der Waals surface area (Å²) in [5, 5.41) is 5.73. The molecule has 2 aromatic carbocycles. The molecule has 2 aromatic heterocycles. The molecule has 2 N–H and O–H groups in total. The Morgan fingerprint density at radius 2 is 1.74 bits per heavy atom. The van der Waals surface area contributed by atoms with E-state index in [1.165, 1.54) is 11.3 Å². The Balaban J connectivity index is 1.50. The van der Waals surface area contributed by atoms with Crippen LogP contribution in [-0.2, 0) is 16.1 Å². The van der Waals surface area contributed by atoms with E-state index >= 15 is 0 Å². The van der Waals surface area contributed by atoms with Crippen molar-refractivity contribution < 1.29 is 14.3 Å². The topological polar surface area (TPSA) is 101 Å². The van der Waals surface area contributed by atoms with Crippen molar-refractivity contribution in [2.45, 2.75) is 26.5 Å². The van der Waals surface area contributed by atoms with E-state index in [4.69, 9.17) is 27.9 Å². The van der Waals surface area contributed by atoms with E-state index in [2.05, 4.69) is 15.3 Å². The number of thiophene rings is 1. The quantitative estimate of drug-likeness (QED) is 0.309. The van der Waals surface area contributed by atoms with Gasteiger partial charge in [-0.05, 0) is 24.1 Å². The zero-order valence-corrected chi connectivity index (χ0v) is 21.1. The number of amides is 1. The Hall–Kier alpha value is -3.20. The average Bonchev–Trinajstić information content (AvgIpc) is 3.25. The van der Waals surface area contributed by atoms with Crippen LogP contribution in [0, 0.1) is 5.92 Å². The fourth-order valence-electron chi connectivity index (χ4n) is 3.53. The normalized spacial score (nSPS) is 12.0. The zero-order chi connectivity index (χ0) is 25.1. The molecular weight excluding hydrogens is 509 g/mol. The molecule has 0 aliphatic heterocycles. The minimum Gasteiger partial charge on any atom is -0.456 e. The summed E-state index contributed by atoms with van der Waals surface area (Å²) in [4.78, 5) is 45.9. The maximum absolute atomic E-state index is 12.8. The molecule has 0 bridgehead atoms. The van der Waals surface area contributed by atoms with E-state index in [0.717, 1.165) is 5.56 Å². The number of fused-ring (bicyclic) bond motifs is 1.